The van der Waals surface area contributed by atoms with Crippen molar-refractivity contribution in [3.63, 3.8) is 0 Å². The molecule has 0 spiro atoms. The predicted octanol–water partition coefficient (Wildman–Crippen LogP) is 2.74. The smallest absolute Gasteiger partial charge is 0.239 e. The molecule has 0 aliphatic carbocycles. The minimum Gasteiger partial charge on any atom is -0.470 e. The summed E-state index contributed by atoms with van der Waals surface area (Å²) in [5.41, 5.74) is 6.22. The van der Waals surface area contributed by atoms with E-state index in [0.717, 1.165) is 25.2 Å². The van der Waals surface area contributed by atoms with Crippen molar-refractivity contribution in [3.05, 3.63) is 12.1 Å². The molecule has 1 fully saturated rings. The molecule has 118 valence electrons. The average Bonchev–Trinajstić information content (AvgIpc) is 2.36. The molecule has 0 bridgehead atoms. The van der Waals surface area contributed by atoms with Gasteiger partial charge in [0.05, 0.1) is 5.69 Å². The van der Waals surface area contributed by atoms with E-state index in [9.17, 15) is 0 Å². The second-order valence-corrected chi connectivity index (χ2v) is 7.00. The van der Waals surface area contributed by atoms with Crippen LogP contribution in [-0.2, 0) is 0 Å². The Balaban J connectivity index is 2.05. The number of hydrogen-bond donors (Lipinski definition) is 2. The van der Waals surface area contributed by atoms with E-state index in [0.29, 0.717) is 23.7 Å². The number of anilines is 2. The molecule has 2 rings (SSSR count). The molecule has 5 heteroatoms. The molecule has 1 saturated heterocycles. The van der Waals surface area contributed by atoms with Crippen LogP contribution in [0.3, 0.4) is 0 Å². The molecule has 1 aliphatic heterocycles. The summed E-state index contributed by atoms with van der Waals surface area (Å²) in [6, 6.07) is 4.83. The van der Waals surface area contributed by atoms with Gasteiger partial charge in [0, 0.05) is 18.6 Å². The summed E-state index contributed by atoms with van der Waals surface area (Å²) in [6.07, 6.45) is 2.25. The minimum absolute atomic E-state index is 0.304. The van der Waals surface area contributed by atoms with Gasteiger partial charge in [0.1, 0.15) is 11.4 Å². The minimum atomic E-state index is -0.304. The van der Waals surface area contributed by atoms with Crippen LogP contribution in [0.25, 0.3) is 0 Å². The molecule has 1 aliphatic rings. The summed E-state index contributed by atoms with van der Waals surface area (Å²) >= 11 is 0. The summed E-state index contributed by atoms with van der Waals surface area (Å²) in [7, 11) is 2.18. The van der Waals surface area contributed by atoms with E-state index < -0.39 is 0 Å². The lowest BCUT2D eigenvalue weighted by Crippen LogP contribution is -2.42. The Morgan fingerprint density at radius 2 is 2.10 bits per heavy atom. The number of nitrogen functional groups attached to an aromatic ring is 1. The fourth-order valence-electron chi connectivity index (χ4n) is 2.53. The fourth-order valence-corrected chi connectivity index (χ4v) is 2.53. The number of nitrogens with zero attached hydrogens (tertiary/aromatic N) is 2. The van der Waals surface area contributed by atoms with Crippen molar-refractivity contribution < 1.29 is 4.74 Å². The SMILES string of the molecule is CC1CC(Nc2ccc(N)c(OC(C)(C)C)n2)CCN1C. The third-order valence-corrected chi connectivity index (χ3v) is 3.85. The van der Waals surface area contributed by atoms with E-state index in [2.05, 4.69) is 29.2 Å². The van der Waals surface area contributed by atoms with Crippen molar-refractivity contribution >= 4 is 11.5 Å². The lowest BCUT2D eigenvalue weighted by atomic mass is 9.99. The normalized spacial score (nSPS) is 23.9. The van der Waals surface area contributed by atoms with E-state index >= 15 is 0 Å². The third-order valence-electron chi connectivity index (χ3n) is 3.85. The molecule has 2 atom stereocenters. The average molecular weight is 292 g/mol. The van der Waals surface area contributed by atoms with Gasteiger partial charge in [0.25, 0.3) is 0 Å². The maximum atomic E-state index is 5.95. The zero-order valence-electron chi connectivity index (χ0n) is 13.8. The highest BCUT2D eigenvalue weighted by molar-refractivity contribution is 5.54. The van der Waals surface area contributed by atoms with Crippen molar-refractivity contribution in [2.75, 3.05) is 24.6 Å². The van der Waals surface area contributed by atoms with Crippen LogP contribution in [0.15, 0.2) is 12.1 Å². The number of rotatable bonds is 3. The van der Waals surface area contributed by atoms with Crippen LogP contribution in [0, 0.1) is 0 Å². The predicted molar refractivity (Wildman–Crippen MR) is 87.8 cm³/mol. The maximum Gasteiger partial charge on any atom is 0.239 e. The number of pyridine rings is 1. The standard InChI is InChI=1S/C16H28N4O/c1-11-10-12(8-9-20(11)5)18-14-7-6-13(17)15(19-14)21-16(2,3)4/h6-7,11-12H,8-10,17H2,1-5H3,(H,18,19). The first-order chi connectivity index (χ1) is 9.74. The van der Waals surface area contributed by atoms with Gasteiger partial charge in [-0.2, -0.15) is 4.98 Å². The van der Waals surface area contributed by atoms with Gasteiger partial charge in [0.15, 0.2) is 0 Å². The summed E-state index contributed by atoms with van der Waals surface area (Å²) in [6.45, 7) is 9.35. The van der Waals surface area contributed by atoms with Crippen molar-refractivity contribution in [3.8, 4) is 5.88 Å². The van der Waals surface area contributed by atoms with Gasteiger partial charge in [-0.15, -0.1) is 0 Å². The zero-order chi connectivity index (χ0) is 15.6. The quantitative estimate of drug-likeness (QED) is 0.897. The lowest BCUT2D eigenvalue weighted by molar-refractivity contribution is 0.125. The molecular formula is C16H28N4O. The van der Waals surface area contributed by atoms with Gasteiger partial charge in [0.2, 0.25) is 5.88 Å². The molecule has 21 heavy (non-hydrogen) atoms. The Labute approximate surface area is 127 Å². The Morgan fingerprint density at radius 1 is 1.38 bits per heavy atom. The van der Waals surface area contributed by atoms with E-state index in [1.54, 1.807) is 0 Å². The maximum absolute atomic E-state index is 5.95. The van der Waals surface area contributed by atoms with E-state index in [1.165, 1.54) is 0 Å². The highest BCUT2D eigenvalue weighted by atomic mass is 16.5. The van der Waals surface area contributed by atoms with Crippen LogP contribution in [0.4, 0.5) is 11.5 Å². The van der Waals surface area contributed by atoms with Crippen LogP contribution in [0.1, 0.15) is 40.5 Å². The van der Waals surface area contributed by atoms with Crippen LogP contribution in [0.2, 0.25) is 0 Å². The summed E-state index contributed by atoms with van der Waals surface area (Å²) in [5, 5.41) is 3.51. The van der Waals surface area contributed by atoms with Crippen molar-refractivity contribution in [1.82, 2.24) is 9.88 Å². The monoisotopic (exact) mass is 292 g/mol. The van der Waals surface area contributed by atoms with E-state index in [4.69, 9.17) is 10.5 Å². The Bertz CT molecular complexity index is 484. The Hall–Kier alpha value is -1.49. The molecular weight excluding hydrogens is 264 g/mol. The second-order valence-electron chi connectivity index (χ2n) is 7.00. The van der Waals surface area contributed by atoms with Gasteiger partial charge in [-0.3, -0.25) is 0 Å². The van der Waals surface area contributed by atoms with Crippen molar-refractivity contribution in [2.45, 2.75) is 58.2 Å². The first kappa shape index (κ1) is 15.9. The first-order valence-electron chi connectivity index (χ1n) is 7.67. The molecule has 0 saturated carbocycles. The third kappa shape index (κ3) is 4.49. The lowest BCUT2D eigenvalue weighted by Gasteiger charge is -2.35. The molecule has 1 aromatic rings. The summed E-state index contributed by atoms with van der Waals surface area (Å²) < 4.78 is 5.82. The molecule has 0 radical (unpaired) electrons. The van der Waals surface area contributed by atoms with Crippen LogP contribution < -0.4 is 15.8 Å². The van der Waals surface area contributed by atoms with Gasteiger partial charge < -0.3 is 20.7 Å². The molecule has 0 aromatic carbocycles. The van der Waals surface area contributed by atoms with Crippen molar-refractivity contribution in [2.24, 2.45) is 0 Å². The topological polar surface area (TPSA) is 63.4 Å². The summed E-state index contributed by atoms with van der Waals surface area (Å²) in [5.74, 6) is 1.35. The van der Waals surface area contributed by atoms with E-state index in [1.807, 2.05) is 32.9 Å². The van der Waals surface area contributed by atoms with Gasteiger partial charge in [-0.05, 0) is 59.7 Å². The largest absolute Gasteiger partial charge is 0.470 e. The van der Waals surface area contributed by atoms with Crippen LogP contribution >= 0.6 is 0 Å². The number of likely N-dealkylation sites (tertiary alicyclic amines) is 1. The van der Waals surface area contributed by atoms with Gasteiger partial charge in [-0.1, -0.05) is 0 Å². The summed E-state index contributed by atoms with van der Waals surface area (Å²) in [4.78, 5) is 6.92. The molecule has 1 aromatic heterocycles. The second kappa shape index (κ2) is 6.10. The number of ether oxygens (including phenoxy) is 1. The number of hydrogen-bond acceptors (Lipinski definition) is 5. The highest BCUT2D eigenvalue weighted by Crippen LogP contribution is 2.26. The number of nitrogens with two attached hydrogens (primary N) is 1. The first-order valence-corrected chi connectivity index (χ1v) is 7.67. The highest BCUT2D eigenvalue weighted by Gasteiger charge is 2.23. The molecule has 5 nitrogen and oxygen atoms in total. The van der Waals surface area contributed by atoms with Crippen LogP contribution in [0.5, 0.6) is 5.88 Å². The molecule has 2 unspecified atom stereocenters. The molecule has 3 N–H and O–H groups in total. The number of piperidine rings is 1. The zero-order valence-corrected chi connectivity index (χ0v) is 13.8. The Kier molecular flexibility index (Phi) is 4.61. The number of nitrogens with one attached hydrogen (secondary N) is 1. The molecule has 0 amide bonds. The molecule has 2 heterocycles. The van der Waals surface area contributed by atoms with Crippen molar-refractivity contribution in [1.29, 1.82) is 0 Å². The fraction of sp³-hybridized carbons (Fsp3) is 0.688. The Morgan fingerprint density at radius 3 is 2.71 bits per heavy atom. The number of aromatic nitrogens is 1. The van der Waals surface area contributed by atoms with Gasteiger partial charge >= 0.3 is 0 Å². The van der Waals surface area contributed by atoms with Crippen LogP contribution in [-0.4, -0.2) is 41.2 Å². The van der Waals surface area contributed by atoms with Gasteiger partial charge in [-0.25, -0.2) is 0 Å². The van der Waals surface area contributed by atoms with E-state index in [-0.39, 0.29) is 5.60 Å².